The first-order chi connectivity index (χ1) is 14.6. The number of carbonyl (C=O) groups excluding carboxylic acids is 1. The van der Waals surface area contributed by atoms with E-state index in [-0.39, 0.29) is 10.6 Å². The number of carbonyl (C=O) groups is 1. The number of sulfonamides is 1. The van der Waals surface area contributed by atoms with Gasteiger partial charge in [-0.25, -0.2) is 8.42 Å². The van der Waals surface area contributed by atoms with Crippen LogP contribution >= 0.6 is 34.8 Å². The third-order valence-corrected chi connectivity index (χ3v) is 6.13. The number of amides is 1. The molecule has 10 heteroatoms. The Morgan fingerprint density at radius 1 is 0.839 bits per heavy atom. The summed E-state index contributed by atoms with van der Waals surface area (Å²) in [5.41, 5.74) is 0.657. The van der Waals surface area contributed by atoms with Gasteiger partial charge in [-0.1, -0.05) is 34.8 Å². The van der Waals surface area contributed by atoms with Gasteiger partial charge in [0.15, 0.2) is 6.10 Å². The Morgan fingerprint density at radius 3 is 2.00 bits per heavy atom. The minimum atomic E-state index is -3.87. The lowest BCUT2D eigenvalue weighted by Crippen LogP contribution is -2.30. The number of nitrogens with one attached hydrogen (secondary N) is 2. The number of halogens is 3. The lowest BCUT2D eigenvalue weighted by atomic mass is 10.3. The zero-order valence-corrected chi connectivity index (χ0v) is 19.2. The average molecular weight is 500 g/mol. The van der Waals surface area contributed by atoms with Crippen LogP contribution in [0.25, 0.3) is 0 Å². The van der Waals surface area contributed by atoms with Gasteiger partial charge in [0.25, 0.3) is 15.9 Å². The fraction of sp³-hybridized carbons (Fsp3) is 0.0952. The van der Waals surface area contributed by atoms with E-state index < -0.39 is 22.0 Å². The van der Waals surface area contributed by atoms with Crippen molar-refractivity contribution < 1.29 is 17.9 Å². The van der Waals surface area contributed by atoms with Crippen molar-refractivity contribution in [3.63, 3.8) is 0 Å². The van der Waals surface area contributed by atoms with E-state index in [0.29, 0.717) is 26.5 Å². The Morgan fingerprint density at radius 2 is 1.42 bits per heavy atom. The lowest BCUT2D eigenvalue weighted by Gasteiger charge is -2.15. The van der Waals surface area contributed by atoms with E-state index in [2.05, 4.69) is 10.0 Å². The third-order valence-electron chi connectivity index (χ3n) is 4.04. The Bertz CT molecular complexity index is 1160. The lowest BCUT2D eigenvalue weighted by molar-refractivity contribution is -0.122. The molecule has 3 aromatic carbocycles. The SMILES string of the molecule is C[C@@H](Oc1ccc(Cl)cc1)C(=O)Nc1ccc(S(=O)(=O)Nc2cc(Cl)cc(Cl)c2)cc1. The molecule has 0 radical (unpaired) electrons. The monoisotopic (exact) mass is 498 g/mol. The highest BCUT2D eigenvalue weighted by Crippen LogP contribution is 2.25. The van der Waals surface area contributed by atoms with Crippen molar-refractivity contribution in [2.24, 2.45) is 0 Å². The van der Waals surface area contributed by atoms with E-state index in [1.165, 1.54) is 42.5 Å². The highest BCUT2D eigenvalue weighted by molar-refractivity contribution is 7.92. The van der Waals surface area contributed by atoms with E-state index in [4.69, 9.17) is 39.5 Å². The van der Waals surface area contributed by atoms with Crippen molar-refractivity contribution in [1.29, 1.82) is 0 Å². The molecule has 2 N–H and O–H groups in total. The smallest absolute Gasteiger partial charge is 0.265 e. The van der Waals surface area contributed by atoms with Gasteiger partial charge in [0.1, 0.15) is 5.75 Å². The largest absolute Gasteiger partial charge is 0.481 e. The third kappa shape index (κ3) is 6.51. The molecule has 0 fully saturated rings. The summed E-state index contributed by atoms with van der Waals surface area (Å²) < 4.78 is 33.1. The molecule has 0 saturated carbocycles. The molecule has 0 spiro atoms. The molecule has 1 amide bonds. The summed E-state index contributed by atoms with van der Waals surface area (Å²) in [5, 5.41) is 3.85. The van der Waals surface area contributed by atoms with Gasteiger partial charge in [0.05, 0.1) is 10.6 Å². The van der Waals surface area contributed by atoms with Gasteiger partial charge >= 0.3 is 0 Å². The second kappa shape index (κ2) is 9.78. The Labute approximate surface area is 195 Å². The van der Waals surface area contributed by atoms with Crippen LogP contribution < -0.4 is 14.8 Å². The van der Waals surface area contributed by atoms with Crippen LogP contribution in [-0.4, -0.2) is 20.4 Å². The maximum absolute atomic E-state index is 12.6. The van der Waals surface area contributed by atoms with E-state index in [1.807, 2.05) is 0 Å². The van der Waals surface area contributed by atoms with Crippen LogP contribution in [0.5, 0.6) is 5.75 Å². The summed E-state index contributed by atoms with van der Waals surface area (Å²) >= 11 is 17.6. The van der Waals surface area contributed by atoms with Crippen LogP contribution in [0.15, 0.2) is 71.6 Å². The van der Waals surface area contributed by atoms with Crippen molar-refractivity contribution >= 4 is 62.1 Å². The van der Waals surface area contributed by atoms with Gasteiger partial charge < -0.3 is 10.1 Å². The van der Waals surface area contributed by atoms with Crippen molar-refractivity contribution in [3.05, 3.63) is 81.8 Å². The molecule has 31 heavy (non-hydrogen) atoms. The van der Waals surface area contributed by atoms with Crippen molar-refractivity contribution in [1.82, 2.24) is 0 Å². The summed E-state index contributed by atoms with van der Waals surface area (Å²) in [6, 6.07) is 16.7. The molecule has 0 aliphatic carbocycles. The number of hydrogen-bond acceptors (Lipinski definition) is 4. The fourth-order valence-electron chi connectivity index (χ4n) is 2.56. The zero-order valence-electron chi connectivity index (χ0n) is 16.1. The summed E-state index contributed by atoms with van der Waals surface area (Å²) in [5.74, 6) is 0.109. The number of hydrogen-bond donors (Lipinski definition) is 2. The molecule has 162 valence electrons. The van der Waals surface area contributed by atoms with Crippen molar-refractivity contribution in [3.8, 4) is 5.75 Å². The number of rotatable bonds is 7. The molecule has 6 nitrogen and oxygen atoms in total. The Balaban J connectivity index is 1.64. The van der Waals surface area contributed by atoms with Gasteiger partial charge in [-0.3, -0.25) is 9.52 Å². The summed E-state index contributed by atoms with van der Waals surface area (Å²) in [7, 11) is -3.87. The predicted molar refractivity (Wildman–Crippen MR) is 124 cm³/mol. The highest BCUT2D eigenvalue weighted by atomic mass is 35.5. The fourth-order valence-corrected chi connectivity index (χ4v) is 4.25. The first-order valence-corrected chi connectivity index (χ1v) is 11.6. The molecule has 3 aromatic rings. The first-order valence-electron chi connectivity index (χ1n) is 8.94. The quantitative estimate of drug-likeness (QED) is 0.427. The van der Waals surface area contributed by atoms with Crippen LogP contribution in [0.1, 0.15) is 6.92 Å². The number of ether oxygens (including phenoxy) is 1. The second-order valence-electron chi connectivity index (χ2n) is 6.49. The average Bonchev–Trinajstić information content (AvgIpc) is 2.69. The normalized spacial score (nSPS) is 12.1. The molecule has 0 bridgehead atoms. The van der Waals surface area contributed by atoms with Crippen molar-refractivity contribution in [2.75, 3.05) is 10.0 Å². The molecule has 0 aromatic heterocycles. The minimum Gasteiger partial charge on any atom is -0.481 e. The van der Waals surface area contributed by atoms with Gasteiger partial charge in [-0.15, -0.1) is 0 Å². The molecule has 0 aliphatic rings. The van der Waals surface area contributed by atoms with E-state index in [9.17, 15) is 13.2 Å². The van der Waals surface area contributed by atoms with E-state index in [1.54, 1.807) is 31.2 Å². The second-order valence-corrected chi connectivity index (χ2v) is 9.48. The number of benzene rings is 3. The van der Waals surface area contributed by atoms with Gasteiger partial charge in [-0.05, 0) is 73.7 Å². The van der Waals surface area contributed by atoms with Crippen molar-refractivity contribution in [2.45, 2.75) is 17.9 Å². The molecule has 0 unspecified atom stereocenters. The molecule has 3 rings (SSSR count). The molecule has 1 atom stereocenters. The zero-order chi connectivity index (χ0) is 22.6. The molecule has 0 heterocycles. The van der Waals surface area contributed by atoms with Crippen LogP contribution in [0.3, 0.4) is 0 Å². The Kier molecular flexibility index (Phi) is 7.33. The molecular formula is C21H17Cl3N2O4S. The minimum absolute atomic E-state index is 0.00654. The maximum atomic E-state index is 12.6. The van der Waals surface area contributed by atoms with Gasteiger partial charge in [0.2, 0.25) is 0 Å². The summed E-state index contributed by atoms with van der Waals surface area (Å²) in [6.07, 6.45) is -0.779. The first kappa shape index (κ1) is 23.2. The van der Waals surface area contributed by atoms with E-state index >= 15 is 0 Å². The van der Waals surface area contributed by atoms with Crippen LogP contribution in [-0.2, 0) is 14.8 Å². The van der Waals surface area contributed by atoms with Gasteiger partial charge in [0, 0.05) is 20.8 Å². The summed E-state index contributed by atoms with van der Waals surface area (Å²) in [4.78, 5) is 12.4. The molecule has 0 saturated heterocycles. The molecule has 0 aliphatic heterocycles. The standard InChI is InChI=1S/C21H17Cl3N2O4S/c1-13(30-19-6-2-14(22)3-7-19)21(27)25-17-4-8-20(9-5-17)31(28,29)26-18-11-15(23)10-16(24)12-18/h2-13,26H,1H3,(H,25,27)/t13-/m1/s1. The summed E-state index contributed by atoms with van der Waals surface area (Å²) in [6.45, 7) is 1.60. The highest BCUT2D eigenvalue weighted by Gasteiger charge is 2.17. The van der Waals surface area contributed by atoms with Crippen LogP contribution in [0.4, 0.5) is 11.4 Å². The number of anilines is 2. The van der Waals surface area contributed by atoms with Crippen LogP contribution in [0.2, 0.25) is 15.1 Å². The van der Waals surface area contributed by atoms with Crippen LogP contribution in [0, 0.1) is 0 Å². The molecular weight excluding hydrogens is 483 g/mol. The maximum Gasteiger partial charge on any atom is 0.265 e. The Hall–Kier alpha value is -2.45. The van der Waals surface area contributed by atoms with Gasteiger partial charge in [-0.2, -0.15) is 0 Å². The predicted octanol–water partition coefficient (Wildman–Crippen LogP) is 5.85. The van der Waals surface area contributed by atoms with E-state index in [0.717, 1.165) is 0 Å². The topological polar surface area (TPSA) is 84.5 Å².